The van der Waals surface area contributed by atoms with Crippen molar-refractivity contribution in [1.82, 2.24) is 5.32 Å². The Balaban J connectivity index is 1.37. The molecular formula is C22H21F3N2O3. The van der Waals surface area contributed by atoms with Gasteiger partial charge in [-0.2, -0.15) is 13.2 Å². The summed E-state index contributed by atoms with van der Waals surface area (Å²) in [5.41, 5.74) is 0.660. The van der Waals surface area contributed by atoms with Gasteiger partial charge in [0, 0.05) is 12.5 Å². The number of nitrogens with zero attached hydrogens (tertiary/aromatic N) is 1. The maximum absolute atomic E-state index is 12.8. The fourth-order valence-electron chi connectivity index (χ4n) is 3.96. The van der Waals surface area contributed by atoms with Gasteiger partial charge in [0.15, 0.2) is 0 Å². The minimum atomic E-state index is -4.38. The highest BCUT2D eigenvalue weighted by Crippen LogP contribution is 2.48. The SMILES string of the molecule is COc1ccccc1N1CCC(NC(=O)C2CC2c2ccc(C(F)(F)F)cc2)C1=O. The maximum Gasteiger partial charge on any atom is 0.416 e. The second-order valence-electron chi connectivity index (χ2n) is 7.58. The summed E-state index contributed by atoms with van der Waals surface area (Å²) in [7, 11) is 1.53. The van der Waals surface area contributed by atoms with Crippen LogP contribution in [0.15, 0.2) is 48.5 Å². The molecule has 1 saturated carbocycles. The molecule has 1 heterocycles. The predicted octanol–water partition coefficient (Wildman–Crippen LogP) is 3.74. The Labute approximate surface area is 171 Å². The molecule has 2 aromatic rings. The highest BCUT2D eigenvalue weighted by Gasteiger charge is 2.46. The largest absolute Gasteiger partial charge is 0.495 e. The van der Waals surface area contributed by atoms with Crippen LogP contribution in [0.5, 0.6) is 5.75 Å². The smallest absolute Gasteiger partial charge is 0.416 e. The molecule has 30 heavy (non-hydrogen) atoms. The van der Waals surface area contributed by atoms with Crippen LogP contribution in [-0.2, 0) is 15.8 Å². The third-order valence-electron chi connectivity index (χ3n) is 5.69. The van der Waals surface area contributed by atoms with Gasteiger partial charge in [0.05, 0.1) is 18.4 Å². The number of methoxy groups -OCH3 is 1. The third kappa shape index (κ3) is 3.86. The first-order valence-corrected chi connectivity index (χ1v) is 9.71. The van der Waals surface area contributed by atoms with Gasteiger partial charge in [-0.1, -0.05) is 24.3 Å². The summed E-state index contributed by atoms with van der Waals surface area (Å²) in [5, 5.41) is 2.81. The first-order chi connectivity index (χ1) is 14.3. The average Bonchev–Trinajstić information content (AvgIpc) is 3.46. The molecule has 2 amide bonds. The van der Waals surface area contributed by atoms with E-state index in [2.05, 4.69) is 5.32 Å². The lowest BCUT2D eigenvalue weighted by Gasteiger charge is -2.19. The number of hydrogen-bond donors (Lipinski definition) is 1. The van der Waals surface area contributed by atoms with Crippen molar-refractivity contribution >= 4 is 17.5 Å². The van der Waals surface area contributed by atoms with E-state index >= 15 is 0 Å². The minimum absolute atomic E-state index is 0.117. The van der Waals surface area contributed by atoms with Crippen LogP contribution in [-0.4, -0.2) is 31.5 Å². The quantitative estimate of drug-likeness (QED) is 0.805. The van der Waals surface area contributed by atoms with E-state index in [4.69, 9.17) is 4.74 Å². The minimum Gasteiger partial charge on any atom is -0.495 e. The zero-order valence-electron chi connectivity index (χ0n) is 16.3. The highest BCUT2D eigenvalue weighted by molar-refractivity contribution is 6.02. The van der Waals surface area contributed by atoms with Crippen molar-refractivity contribution in [2.75, 3.05) is 18.6 Å². The van der Waals surface area contributed by atoms with E-state index in [-0.39, 0.29) is 23.7 Å². The monoisotopic (exact) mass is 418 g/mol. The Morgan fingerprint density at radius 3 is 2.50 bits per heavy atom. The zero-order valence-corrected chi connectivity index (χ0v) is 16.3. The molecule has 5 nitrogen and oxygen atoms in total. The zero-order chi connectivity index (χ0) is 21.5. The van der Waals surface area contributed by atoms with Crippen molar-refractivity contribution in [1.29, 1.82) is 0 Å². The van der Waals surface area contributed by atoms with E-state index in [1.807, 2.05) is 12.1 Å². The Morgan fingerprint density at radius 1 is 1.13 bits per heavy atom. The van der Waals surface area contributed by atoms with E-state index < -0.39 is 17.8 Å². The Kier molecular flexibility index (Phi) is 5.17. The first kappa shape index (κ1) is 20.3. The number of ether oxygens (including phenoxy) is 1. The highest BCUT2D eigenvalue weighted by atomic mass is 19.4. The summed E-state index contributed by atoms with van der Waals surface area (Å²) in [5.74, 6) is -0.286. The van der Waals surface area contributed by atoms with Gasteiger partial charge in [-0.05, 0) is 48.6 Å². The lowest BCUT2D eigenvalue weighted by Crippen LogP contribution is -2.42. The number of carbonyl (C=O) groups is 2. The molecule has 3 unspecified atom stereocenters. The van der Waals surface area contributed by atoms with Gasteiger partial charge in [-0.15, -0.1) is 0 Å². The van der Waals surface area contributed by atoms with Crippen molar-refractivity contribution < 1.29 is 27.5 Å². The number of nitrogens with one attached hydrogen (secondary N) is 1. The molecule has 4 rings (SSSR count). The van der Waals surface area contributed by atoms with E-state index in [0.29, 0.717) is 36.4 Å². The summed E-state index contributed by atoms with van der Waals surface area (Å²) >= 11 is 0. The number of anilines is 1. The molecule has 8 heteroatoms. The van der Waals surface area contributed by atoms with Gasteiger partial charge in [-0.25, -0.2) is 0 Å². The molecule has 2 aromatic carbocycles. The molecule has 1 aliphatic carbocycles. The third-order valence-corrected chi connectivity index (χ3v) is 5.69. The predicted molar refractivity (Wildman–Crippen MR) is 104 cm³/mol. The molecule has 2 aliphatic rings. The van der Waals surface area contributed by atoms with Gasteiger partial charge in [0.1, 0.15) is 11.8 Å². The number of hydrogen-bond acceptors (Lipinski definition) is 3. The molecule has 0 aromatic heterocycles. The number of rotatable bonds is 5. The number of alkyl halides is 3. The summed E-state index contributed by atoms with van der Waals surface area (Å²) < 4.78 is 43.4. The second kappa shape index (κ2) is 7.66. The fraction of sp³-hybridized carbons (Fsp3) is 0.364. The van der Waals surface area contributed by atoms with Gasteiger partial charge >= 0.3 is 6.18 Å². The second-order valence-corrected chi connectivity index (χ2v) is 7.58. The van der Waals surface area contributed by atoms with Crippen LogP contribution in [0.4, 0.5) is 18.9 Å². The van der Waals surface area contributed by atoms with Crippen molar-refractivity contribution in [3.63, 3.8) is 0 Å². The Hall–Kier alpha value is -3.03. The van der Waals surface area contributed by atoms with Gasteiger partial charge < -0.3 is 15.0 Å². The normalized spacial score (nSPS) is 23.4. The van der Waals surface area contributed by atoms with E-state index in [1.165, 1.54) is 19.2 Å². The van der Waals surface area contributed by atoms with Crippen LogP contribution in [0.25, 0.3) is 0 Å². The van der Waals surface area contributed by atoms with E-state index in [1.54, 1.807) is 17.0 Å². The molecule has 1 saturated heterocycles. The molecule has 1 aliphatic heterocycles. The molecule has 1 N–H and O–H groups in total. The van der Waals surface area contributed by atoms with Crippen LogP contribution < -0.4 is 15.0 Å². The number of halogens is 3. The number of benzene rings is 2. The van der Waals surface area contributed by atoms with Crippen molar-refractivity contribution in [3.8, 4) is 5.75 Å². The van der Waals surface area contributed by atoms with Crippen LogP contribution in [0.3, 0.4) is 0 Å². The topological polar surface area (TPSA) is 58.6 Å². The maximum atomic E-state index is 12.8. The molecule has 3 atom stereocenters. The van der Waals surface area contributed by atoms with Crippen LogP contribution >= 0.6 is 0 Å². The first-order valence-electron chi connectivity index (χ1n) is 9.71. The average molecular weight is 418 g/mol. The van der Waals surface area contributed by atoms with Crippen molar-refractivity contribution in [2.24, 2.45) is 5.92 Å². The van der Waals surface area contributed by atoms with Crippen molar-refractivity contribution in [3.05, 3.63) is 59.7 Å². The number of para-hydroxylation sites is 2. The van der Waals surface area contributed by atoms with Gasteiger partial charge in [0.2, 0.25) is 11.8 Å². The summed E-state index contributed by atoms with van der Waals surface area (Å²) in [4.78, 5) is 27.0. The summed E-state index contributed by atoms with van der Waals surface area (Å²) in [6, 6.07) is 11.5. The van der Waals surface area contributed by atoms with Gasteiger partial charge in [0.25, 0.3) is 0 Å². The molecule has 158 valence electrons. The van der Waals surface area contributed by atoms with E-state index in [9.17, 15) is 22.8 Å². The molecule has 0 bridgehead atoms. The van der Waals surface area contributed by atoms with Crippen LogP contribution in [0.2, 0.25) is 0 Å². The number of carbonyl (C=O) groups excluding carboxylic acids is 2. The Bertz CT molecular complexity index is 959. The summed E-state index contributed by atoms with van der Waals surface area (Å²) in [6.45, 7) is 0.469. The lowest BCUT2D eigenvalue weighted by molar-refractivity contribution is -0.137. The van der Waals surface area contributed by atoms with Crippen molar-refractivity contribution in [2.45, 2.75) is 31.0 Å². The van der Waals surface area contributed by atoms with Gasteiger partial charge in [-0.3, -0.25) is 9.59 Å². The molecule has 2 fully saturated rings. The molecule has 0 spiro atoms. The standard InChI is InChI=1S/C22H21F3N2O3/c1-30-19-5-3-2-4-18(19)27-11-10-17(21(27)29)26-20(28)16-12-15(16)13-6-8-14(9-7-13)22(23,24)25/h2-9,15-17H,10-12H2,1H3,(H,26,28). The fourth-order valence-corrected chi connectivity index (χ4v) is 3.96. The van der Waals surface area contributed by atoms with Crippen LogP contribution in [0.1, 0.15) is 29.9 Å². The molecular weight excluding hydrogens is 397 g/mol. The van der Waals surface area contributed by atoms with Crippen LogP contribution in [0, 0.1) is 5.92 Å². The Morgan fingerprint density at radius 2 is 1.83 bits per heavy atom. The molecule has 0 radical (unpaired) electrons. The summed E-state index contributed by atoms with van der Waals surface area (Å²) in [6.07, 6.45) is -3.33. The number of amides is 2. The van der Waals surface area contributed by atoms with E-state index in [0.717, 1.165) is 12.1 Å². The lowest BCUT2D eigenvalue weighted by atomic mass is 10.1.